The van der Waals surface area contributed by atoms with Crippen LogP contribution >= 0.6 is 34.7 Å². The number of ether oxygens (including phenoxy) is 1. The summed E-state index contributed by atoms with van der Waals surface area (Å²) in [6.45, 7) is -0.479. The molecule has 1 N–H and O–H groups in total. The molecule has 0 fully saturated rings. The normalized spacial score (nSPS) is 11.1. The minimum absolute atomic E-state index is 0.0629. The SMILES string of the molecule is COC(=O)CSc1nnc(NC(=O)CN(c2ccccc2Cl)S(C)(=O)=O)s1. The molecule has 2 rings (SSSR count). The summed E-state index contributed by atoms with van der Waals surface area (Å²) in [5, 5.41) is 10.5. The molecular formula is C14H15ClN4O5S3. The Bertz CT molecular complexity index is 934. The van der Waals surface area contributed by atoms with Crippen molar-refractivity contribution in [1.29, 1.82) is 0 Å². The highest BCUT2D eigenvalue weighted by molar-refractivity contribution is 8.01. The highest BCUT2D eigenvalue weighted by Crippen LogP contribution is 2.28. The molecule has 27 heavy (non-hydrogen) atoms. The van der Waals surface area contributed by atoms with Gasteiger partial charge in [-0.3, -0.25) is 19.2 Å². The fourth-order valence-electron chi connectivity index (χ4n) is 1.82. The molecule has 0 atom stereocenters. The third-order valence-corrected chi connectivity index (χ3v) is 6.39. The molecule has 0 saturated carbocycles. The lowest BCUT2D eigenvalue weighted by molar-refractivity contribution is -0.137. The molecule has 1 aromatic heterocycles. The van der Waals surface area contributed by atoms with E-state index in [0.717, 1.165) is 33.7 Å². The van der Waals surface area contributed by atoms with Crippen LogP contribution in [-0.2, 0) is 24.3 Å². The van der Waals surface area contributed by atoms with Gasteiger partial charge in [-0.2, -0.15) is 0 Å². The first-order chi connectivity index (χ1) is 12.7. The molecule has 0 unspecified atom stereocenters. The van der Waals surface area contributed by atoms with Gasteiger partial charge in [-0.15, -0.1) is 10.2 Å². The molecule has 0 radical (unpaired) electrons. The van der Waals surface area contributed by atoms with Gasteiger partial charge in [0.15, 0.2) is 4.34 Å². The topological polar surface area (TPSA) is 119 Å². The van der Waals surface area contributed by atoms with Gasteiger partial charge < -0.3 is 4.74 Å². The molecule has 146 valence electrons. The van der Waals surface area contributed by atoms with Crippen LogP contribution in [0, 0.1) is 0 Å². The Morgan fingerprint density at radius 2 is 2.04 bits per heavy atom. The molecule has 0 aliphatic carbocycles. The van der Waals surface area contributed by atoms with E-state index in [2.05, 4.69) is 20.3 Å². The highest BCUT2D eigenvalue weighted by Gasteiger charge is 2.23. The molecule has 0 aliphatic rings. The third kappa shape index (κ3) is 6.34. The number of aromatic nitrogens is 2. The Balaban J connectivity index is 2.06. The number of thioether (sulfide) groups is 1. The number of nitrogens with one attached hydrogen (secondary N) is 1. The van der Waals surface area contributed by atoms with E-state index in [1.54, 1.807) is 12.1 Å². The smallest absolute Gasteiger partial charge is 0.316 e. The Morgan fingerprint density at radius 1 is 1.33 bits per heavy atom. The summed E-state index contributed by atoms with van der Waals surface area (Å²) in [4.78, 5) is 23.4. The number of para-hydroxylation sites is 1. The number of carbonyl (C=O) groups excluding carboxylic acids is 2. The first-order valence-electron chi connectivity index (χ1n) is 7.26. The van der Waals surface area contributed by atoms with Crippen LogP contribution in [0.4, 0.5) is 10.8 Å². The molecule has 0 bridgehead atoms. The number of esters is 1. The van der Waals surface area contributed by atoms with Crippen molar-refractivity contribution < 1.29 is 22.7 Å². The van der Waals surface area contributed by atoms with E-state index < -0.39 is 28.4 Å². The summed E-state index contributed by atoms with van der Waals surface area (Å²) in [6.07, 6.45) is 0.982. The van der Waals surface area contributed by atoms with Crippen LogP contribution in [0.5, 0.6) is 0 Å². The zero-order valence-corrected chi connectivity index (χ0v) is 17.4. The fraction of sp³-hybridized carbons (Fsp3) is 0.286. The number of carbonyl (C=O) groups is 2. The van der Waals surface area contributed by atoms with Gasteiger partial charge in [0, 0.05) is 0 Å². The second kappa shape index (κ2) is 9.35. The molecule has 0 saturated heterocycles. The number of nitrogens with zero attached hydrogens (tertiary/aromatic N) is 3. The lowest BCUT2D eigenvalue weighted by Gasteiger charge is -2.22. The number of rotatable bonds is 8. The van der Waals surface area contributed by atoms with E-state index in [1.807, 2.05) is 0 Å². The van der Waals surface area contributed by atoms with E-state index in [4.69, 9.17) is 11.6 Å². The number of hydrogen-bond acceptors (Lipinski definition) is 9. The van der Waals surface area contributed by atoms with E-state index in [0.29, 0.717) is 4.34 Å². The minimum Gasteiger partial charge on any atom is -0.468 e. The van der Waals surface area contributed by atoms with Gasteiger partial charge >= 0.3 is 5.97 Å². The molecule has 0 aliphatic heterocycles. The Labute approximate surface area is 169 Å². The number of hydrogen-bond donors (Lipinski definition) is 1. The van der Waals surface area contributed by atoms with E-state index in [-0.39, 0.29) is 21.6 Å². The first kappa shape index (κ1) is 21.4. The highest BCUT2D eigenvalue weighted by atomic mass is 35.5. The Morgan fingerprint density at radius 3 is 2.67 bits per heavy atom. The second-order valence-electron chi connectivity index (χ2n) is 5.01. The fourth-order valence-corrected chi connectivity index (χ4v) is 4.58. The standard InChI is InChI=1S/C14H15ClN4O5S3/c1-24-12(21)8-25-14-18-17-13(26-14)16-11(20)7-19(27(2,22)23)10-6-4-3-5-9(10)15/h3-6H,7-8H2,1-2H3,(H,16,17,20). The Hall–Kier alpha value is -1.89. The van der Waals surface area contributed by atoms with Gasteiger partial charge in [0.1, 0.15) is 6.54 Å². The van der Waals surface area contributed by atoms with Crippen molar-refractivity contribution in [2.45, 2.75) is 4.34 Å². The molecule has 1 heterocycles. The van der Waals surface area contributed by atoms with Crippen molar-refractivity contribution >= 4 is 67.4 Å². The van der Waals surface area contributed by atoms with E-state index >= 15 is 0 Å². The van der Waals surface area contributed by atoms with Gasteiger partial charge in [-0.1, -0.05) is 46.8 Å². The molecule has 1 aromatic carbocycles. The molecule has 13 heteroatoms. The van der Waals surface area contributed by atoms with Crippen molar-refractivity contribution in [2.24, 2.45) is 0 Å². The van der Waals surface area contributed by atoms with E-state index in [1.165, 1.54) is 19.2 Å². The Kier molecular flexibility index (Phi) is 7.41. The molecule has 9 nitrogen and oxygen atoms in total. The second-order valence-corrected chi connectivity index (χ2v) is 9.52. The van der Waals surface area contributed by atoms with Crippen molar-refractivity contribution in [1.82, 2.24) is 10.2 Å². The molecule has 2 aromatic rings. The van der Waals surface area contributed by atoms with Gasteiger partial charge in [0.05, 0.1) is 29.8 Å². The number of sulfonamides is 1. The third-order valence-electron chi connectivity index (χ3n) is 3.00. The average molecular weight is 451 g/mol. The number of anilines is 2. The summed E-state index contributed by atoms with van der Waals surface area (Å²) in [6, 6.07) is 6.31. The summed E-state index contributed by atoms with van der Waals surface area (Å²) < 4.78 is 30.0. The average Bonchev–Trinajstić information content (AvgIpc) is 3.04. The maximum absolute atomic E-state index is 12.3. The van der Waals surface area contributed by atoms with Gasteiger partial charge in [0.2, 0.25) is 21.1 Å². The summed E-state index contributed by atoms with van der Waals surface area (Å²) in [7, 11) is -2.46. The largest absolute Gasteiger partial charge is 0.468 e. The summed E-state index contributed by atoms with van der Waals surface area (Å²) in [5.74, 6) is -0.960. The van der Waals surface area contributed by atoms with Crippen molar-refractivity contribution in [3.8, 4) is 0 Å². The van der Waals surface area contributed by atoms with Crippen molar-refractivity contribution in [3.05, 3.63) is 29.3 Å². The molecular weight excluding hydrogens is 436 g/mol. The lowest BCUT2D eigenvalue weighted by Crippen LogP contribution is -2.37. The van der Waals surface area contributed by atoms with Crippen LogP contribution in [-0.4, -0.2) is 56.2 Å². The van der Waals surface area contributed by atoms with Crippen LogP contribution in [0.1, 0.15) is 0 Å². The lowest BCUT2D eigenvalue weighted by atomic mass is 10.3. The number of halogens is 1. The van der Waals surface area contributed by atoms with Crippen LogP contribution in [0.15, 0.2) is 28.6 Å². The molecule has 1 amide bonds. The van der Waals surface area contributed by atoms with Crippen LogP contribution < -0.4 is 9.62 Å². The maximum Gasteiger partial charge on any atom is 0.316 e. The quantitative estimate of drug-likeness (QED) is 0.367. The maximum atomic E-state index is 12.3. The zero-order chi connectivity index (χ0) is 20.0. The van der Waals surface area contributed by atoms with Crippen LogP contribution in [0.3, 0.4) is 0 Å². The van der Waals surface area contributed by atoms with Gasteiger partial charge in [-0.05, 0) is 12.1 Å². The molecule has 0 spiro atoms. The van der Waals surface area contributed by atoms with Gasteiger partial charge in [0.25, 0.3) is 0 Å². The van der Waals surface area contributed by atoms with Crippen molar-refractivity contribution in [3.63, 3.8) is 0 Å². The number of amides is 1. The number of methoxy groups -OCH3 is 1. The predicted octanol–water partition coefficient (Wildman–Crippen LogP) is 1.86. The minimum atomic E-state index is -3.74. The van der Waals surface area contributed by atoms with Gasteiger partial charge in [-0.25, -0.2) is 8.42 Å². The predicted molar refractivity (Wildman–Crippen MR) is 105 cm³/mol. The number of benzene rings is 1. The van der Waals surface area contributed by atoms with Crippen molar-refractivity contribution in [2.75, 3.05) is 35.3 Å². The van der Waals surface area contributed by atoms with E-state index in [9.17, 15) is 18.0 Å². The zero-order valence-electron chi connectivity index (χ0n) is 14.2. The summed E-state index contributed by atoms with van der Waals surface area (Å²) >= 11 is 8.21. The van der Waals surface area contributed by atoms with Crippen LogP contribution in [0.25, 0.3) is 0 Å². The van der Waals surface area contributed by atoms with Crippen LogP contribution in [0.2, 0.25) is 5.02 Å². The first-order valence-corrected chi connectivity index (χ1v) is 11.3. The summed E-state index contributed by atoms with van der Waals surface area (Å²) in [5.41, 5.74) is 0.198. The monoisotopic (exact) mass is 450 g/mol.